The van der Waals surface area contributed by atoms with Crippen molar-refractivity contribution in [2.24, 2.45) is 0 Å². The molecule has 0 aliphatic carbocycles. The Hall–Kier alpha value is -2.92. The Kier molecular flexibility index (Phi) is 7.64. The van der Waals surface area contributed by atoms with Crippen LogP contribution in [0.15, 0.2) is 48.2 Å². The summed E-state index contributed by atoms with van der Waals surface area (Å²) in [7, 11) is 0. The van der Waals surface area contributed by atoms with Crippen molar-refractivity contribution in [1.82, 2.24) is 4.90 Å². The molecule has 0 aromatic heterocycles. The molecule has 1 N–H and O–H groups in total. The molecular formula is C26H32N2O3. The van der Waals surface area contributed by atoms with Gasteiger partial charge in [0.15, 0.2) is 0 Å². The molecule has 0 saturated carbocycles. The summed E-state index contributed by atoms with van der Waals surface area (Å²) in [6.45, 7) is 9.74. The zero-order chi connectivity index (χ0) is 22.4. The van der Waals surface area contributed by atoms with Gasteiger partial charge in [0.1, 0.15) is 5.70 Å². The number of ether oxygens (including phenoxy) is 1. The average molecular weight is 421 g/mol. The summed E-state index contributed by atoms with van der Waals surface area (Å²) in [5, 5.41) is 3.26. The third-order valence-electron chi connectivity index (χ3n) is 5.68. The number of imide groups is 1. The van der Waals surface area contributed by atoms with E-state index < -0.39 is 0 Å². The molecule has 0 fully saturated rings. The number of aryl methyl sites for hydroxylation is 3. The maximum atomic E-state index is 13.3. The minimum atomic E-state index is -0.282. The lowest BCUT2D eigenvalue weighted by Gasteiger charge is -2.15. The standard InChI is InChI=1S/C26H32N2O3/c1-5-6-15-31-16-9-14-28-25(29)23(21-13-12-18(2)20(4)17-21)24(26(28)30)27-22-11-8-7-10-19(22)3/h7-8,10-13,17,27H,5-6,9,14-16H2,1-4H3. The Morgan fingerprint density at radius 2 is 1.61 bits per heavy atom. The molecule has 1 heterocycles. The number of carbonyl (C=O) groups is 2. The summed E-state index contributed by atoms with van der Waals surface area (Å²) in [6.07, 6.45) is 2.73. The Morgan fingerprint density at radius 1 is 0.871 bits per heavy atom. The fourth-order valence-electron chi connectivity index (χ4n) is 3.58. The predicted molar refractivity (Wildman–Crippen MR) is 125 cm³/mol. The van der Waals surface area contributed by atoms with Gasteiger partial charge in [0, 0.05) is 25.4 Å². The summed E-state index contributed by atoms with van der Waals surface area (Å²) in [5.74, 6) is -0.534. The average Bonchev–Trinajstić information content (AvgIpc) is 2.98. The molecule has 1 aliphatic rings. The second kappa shape index (κ2) is 10.4. The Bertz CT molecular complexity index is 994. The van der Waals surface area contributed by atoms with Gasteiger partial charge < -0.3 is 10.1 Å². The van der Waals surface area contributed by atoms with Crippen LogP contribution in [0.4, 0.5) is 5.69 Å². The first kappa shape index (κ1) is 22.8. The zero-order valence-corrected chi connectivity index (χ0v) is 19.0. The van der Waals surface area contributed by atoms with E-state index in [0.717, 1.165) is 40.8 Å². The monoisotopic (exact) mass is 420 g/mol. The Morgan fingerprint density at radius 3 is 2.32 bits per heavy atom. The van der Waals surface area contributed by atoms with Gasteiger partial charge in [-0.3, -0.25) is 14.5 Å². The maximum Gasteiger partial charge on any atom is 0.278 e. The number of amides is 2. The number of nitrogens with one attached hydrogen (secondary N) is 1. The van der Waals surface area contributed by atoms with E-state index in [9.17, 15) is 9.59 Å². The van der Waals surface area contributed by atoms with Crippen LogP contribution in [0.2, 0.25) is 0 Å². The van der Waals surface area contributed by atoms with Crippen molar-refractivity contribution in [1.29, 1.82) is 0 Å². The molecule has 5 nitrogen and oxygen atoms in total. The molecule has 2 aromatic carbocycles. The number of hydrogen-bond acceptors (Lipinski definition) is 4. The third-order valence-corrected chi connectivity index (χ3v) is 5.68. The van der Waals surface area contributed by atoms with Crippen LogP contribution in [0, 0.1) is 20.8 Å². The second-order valence-corrected chi connectivity index (χ2v) is 8.07. The number of rotatable bonds is 10. The Balaban J connectivity index is 1.87. The summed E-state index contributed by atoms with van der Waals surface area (Å²) >= 11 is 0. The van der Waals surface area contributed by atoms with Crippen molar-refractivity contribution < 1.29 is 14.3 Å². The van der Waals surface area contributed by atoms with Gasteiger partial charge in [0.25, 0.3) is 11.8 Å². The van der Waals surface area contributed by atoms with Crippen molar-refractivity contribution in [2.75, 3.05) is 25.1 Å². The van der Waals surface area contributed by atoms with Gasteiger partial charge in [0.05, 0.1) is 5.57 Å². The van der Waals surface area contributed by atoms with Crippen LogP contribution >= 0.6 is 0 Å². The number of unbranched alkanes of at least 4 members (excludes halogenated alkanes) is 1. The largest absolute Gasteiger partial charge is 0.381 e. The topological polar surface area (TPSA) is 58.6 Å². The highest BCUT2D eigenvalue weighted by molar-refractivity contribution is 6.36. The van der Waals surface area contributed by atoms with Crippen LogP contribution in [0.3, 0.4) is 0 Å². The number of hydrogen-bond donors (Lipinski definition) is 1. The van der Waals surface area contributed by atoms with Crippen LogP contribution in [-0.4, -0.2) is 36.5 Å². The zero-order valence-electron chi connectivity index (χ0n) is 19.0. The normalized spacial score (nSPS) is 14.0. The first-order chi connectivity index (χ1) is 14.9. The first-order valence-corrected chi connectivity index (χ1v) is 11.0. The molecule has 3 rings (SSSR count). The second-order valence-electron chi connectivity index (χ2n) is 8.07. The van der Waals surface area contributed by atoms with E-state index in [4.69, 9.17) is 4.74 Å². The van der Waals surface area contributed by atoms with Crippen molar-refractivity contribution >= 4 is 23.1 Å². The quantitative estimate of drug-likeness (QED) is 0.434. The van der Waals surface area contributed by atoms with Gasteiger partial charge in [-0.2, -0.15) is 0 Å². The number of anilines is 1. The molecule has 0 bridgehead atoms. The molecule has 2 aromatic rings. The van der Waals surface area contributed by atoms with Gasteiger partial charge in [-0.05, 0) is 61.9 Å². The Labute approximate surface area is 185 Å². The van der Waals surface area contributed by atoms with Gasteiger partial charge in [-0.25, -0.2) is 0 Å². The van der Waals surface area contributed by atoms with E-state index in [1.54, 1.807) is 0 Å². The van der Waals surface area contributed by atoms with Crippen LogP contribution in [0.1, 0.15) is 48.4 Å². The van der Waals surface area contributed by atoms with E-state index in [1.165, 1.54) is 4.90 Å². The van der Waals surface area contributed by atoms with Crippen molar-refractivity contribution in [3.05, 3.63) is 70.4 Å². The summed E-state index contributed by atoms with van der Waals surface area (Å²) in [5.41, 5.74) is 5.61. The van der Waals surface area contributed by atoms with Crippen LogP contribution in [0.5, 0.6) is 0 Å². The van der Waals surface area contributed by atoms with E-state index in [1.807, 2.05) is 63.2 Å². The van der Waals surface area contributed by atoms with Crippen LogP contribution in [0.25, 0.3) is 5.57 Å². The van der Waals surface area contributed by atoms with E-state index in [-0.39, 0.29) is 11.8 Å². The molecule has 2 amide bonds. The molecule has 0 spiro atoms. The lowest BCUT2D eigenvalue weighted by atomic mass is 9.99. The highest BCUT2D eigenvalue weighted by Gasteiger charge is 2.39. The molecule has 0 radical (unpaired) electrons. The van der Waals surface area contributed by atoms with Gasteiger partial charge in [-0.15, -0.1) is 0 Å². The minimum absolute atomic E-state index is 0.252. The van der Waals surface area contributed by atoms with Gasteiger partial charge in [-0.1, -0.05) is 49.7 Å². The molecule has 31 heavy (non-hydrogen) atoms. The van der Waals surface area contributed by atoms with E-state index in [2.05, 4.69) is 12.2 Å². The number of para-hydroxylation sites is 1. The van der Waals surface area contributed by atoms with Crippen molar-refractivity contribution in [3.8, 4) is 0 Å². The molecule has 0 atom stereocenters. The number of carbonyl (C=O) groups excluding carboxylic acids is 2. The molecule has 5 heteroatoms. The molecule has 0 unspecified atom stereocenters. The van der Waals surface area contributed by atoms with Gasteiger partial charge in [0.2, 0.25) is 0 Å². The van der Waals surface area contributed by atoms with Crippen molar-refractivity contribution in [3.63, 3.8) is 0 Å². The highest BCUT2D eigenvalue weighted by atomic mass is 16.5. The van der Waals surface area contributed by atoms with E-state index in [0.29, 0.717) is 37.4 Å². The predicted octanol–water partition coefficient (Wildman–Crippen LogP) is 5.01. The van der Waals surface area contributed by atoms with Crippen molar-refractivity contribution in [2.45, 2.75) is 47.0 Å². The van der Waals surface area contributed by atoms with Crippen LogP contribution < -0.4 is 5.32 Å². The lowest BCUT2D eigenvalue weighted by Crippen LogP contribution is -2.34. The number of nitrogens with zero attached hydrogens (tertiary/aromatic N) is 1. The summed E-state index contributed by atoms with van der Waals surface area (Å²) in [6, 6.07) is 13.6. The summed E-state index contributed by atoms with van der Waals surface area (Å²) < 4.78 is 5.60. The molecule has 164 valence electrons. The third kappa shape index (κ3) is 5.23. The minimum Gasteiger partial charge on any atom is -0.381 e. The maximum absolute atomic E-state index is 13.3. The summed E-state index contributed by atoms with van der Waals surface area (Å²) in [4.78, 5) is 27.9. The fraction of sp³-hybridized carbons (Fsp3) is 0.385. The van der Waals surface area contributed by atoms with Crippen LogP contribution in [-0.2, 0) is 14.3 Å². The first-order valence-electron chi connectivity index (χ1n) is 11.0. The molecular weight excluding hydrogens is 388 g/mol. The SMILES string of the molecule is CCCCOCCCN1C(=O)C(Nc2ccccc2C)=C(c2ccc(C)c(C)c2)C1=O. The number of benzene rings is 2. The fourth-order valence-corrected chi connectivity index (χ4v) is 3.58. The van der Waals surface area contributed by atoms with E-state index >= 15 is 0 Å². The molecule has 1 aliphatic heterocycles. The smallest absolute Gasteiger partial charge is 0.278 e. The highest BCUT2D eigenvalue weighted by Crippen LogP contribution is 2.32. The van der Waals surface area contributed by atoms with Gasteiger partial charge >= 0.3 is 0 Å². The lowest BCUT2D eigenvalue weighted by molar-refractivity contribution is -0.137. The molecule has 0 saturated heterocycles.